The normalized spacial score (nSPS) is 12.3. The molecule has 0 aliphatic rings. The van der Waals surface area contributed by atoms with Crippen molar-refractivity contribution in [3.8, 4) is 0 Å². The van der Waals surface area contributed by atoms with Gasteiger partial charge in [0.2, 0.25) is 0 Å². The molecule has 0 radical (unpaired) electrons. The molecule has 3 rings (SSSR count). The van der Waals surface area contributed by atoms with Crippen LogP contribution in [-0.4, -0.2) is 27.9 Å². The van der Waals surface area contributed by atoms with Gasteiger partial charge in [0.25, 0.3) is 0 Å². The first kappa shape index (κ1) is 17.5. The van der Waals surface area contributed by atoms with Gasteiger partial charge in [0.05, 0.1) is 0 Å². The molecule has 5 nitrogen and oxygen atoms in total. The average Bonchev–Trinajstić information content (AvgIpc) is 3.04. The van der Waals surface area contributed by atoms with Gasteiger partial charge in [0, 0.05) is 41.4 Å². The molecule has 1 aromatic heterocycles. The van der Waals surface area contributed by atoms with E-state index in [1.54, 1.807) is 12.1 Å². The van der Waals surface area contributed by atoms with Crippen LogP contribution in [0.4, 0.5) is 0 Å². The van der Waals surface area contributed by atoms with Crippen LogP contribution in [0.2, 0.25) is 0 Å². The summed E-state index contributed by atoms with van der Waals surface area (Å²) in [7, 11) is 0. The highest BCUT2D eigenvalue weighted by Gasteiger charge is 2.18. The van der Waals surface area contributed by atoms with Gasteiger partial charge in [-0.2, -0.15) is 0 Å². The third kappa shape index (κ3) is 4.00. The van der Waals surface area contributed by atoms with Gasteiger partial charge in [-0.3, -0.25) is 4.79 Å². The predicted molar refractivity (Wildman–Crippen MR) is 101 cm³/mol. The molecule has 0 aliphatic heterocycles. The van der Waals surface area contributed by atoms with Gasteiger partial charge < -0.3 is 15.4 Å². The minimum atomic E-state index is -0.970. The van der Waals surface area contributed by atoms with E-state index in [1.165, 1.54) is 12.3 Å². The lowest BCUT2D eigenvalue weighted by Crippen LogP contribution is -2.35. The summed E-state index contributed by atoms with van der Waals surface area (Å²) in [6.45, 7) is 1.95. The fourth-order valence-electron chi connectivity index (χ4n) is 2.79. The number of nitrogens with one attached hydrogen (secondary N) is 2. The standard InChI is InChI=1S/C21H20N2O3/c1-14-6-8-15(9-7-14)20(24)10-11-22-19(21(25)26)12-16-13-23-18-5-3-2-4-17(16)18/h2-11,13,19,22-23H,12H2,1H3,(H,25,26)/b11-10-/t19-/m0/s1. The molecule has 1 heterocycles. The van der Waals surface area contributed by atoms with Crippen molar-refractivity contribution >= 4 is 22.7 Å². The van der Waals surface area contributed by atoms with Crippen molar-refractivity contribution in [3.05, 3.63) is 83.7 Å². The van der Waals surface area contributed by atoms with Crippen LogP contribution in [-0.2, 0) is 11.2 Å². The lowest BCUT2D eigenvalue weighted by Gasteiger charge is -2.12. The van der Waals surface area contributed by atoms with E-state index < -0.39 is 12.0 Å². The molecule has 3 N–H and O–H groups in total. The lowest BCUT2D eigenvalue weighted by molar-refractivity contribution is -0.139. The van der Waals surface area contributed by atoms with E-state index in [0.717, 1.165) is 22.0 Å². The van der Waals surface area contributed by atoms with Crippen LogP contribution in [0.3, 0.4) is 0 Å². The summed E-state index contributed by atoms with van der Waals surface area (Å²) >= 11 is 0. The Hall–Kier alpha value is -3.34. The minimum absolute atomic E-state index is 0.172. The maximum absolute atomic E-state index is 12.1. The van der Waals surface area contributed by atoms with Gasteiger partial charge in [0.1, 0.15) is 6.04 Å². The summed E-state index contributed by atoms with van der Waals surface area (Å²) < 4.78 is 0. The second-order valence-corrected chi connectivity index (χ2v) is 6.18. The SMILES string of the molecule is Cc1ccc(C(=O)/C=C\N[C@@H](Cc2c[nH]c3ccccc23)C(=O)O)cc1. The number of carboxylic acid groups (broad SMARTS) is 1. The lowest BCUT2D eigenvalue weighted by atomic mass is 10.1. The molecule has 2 aromatic carbocycles. The summed E-state index contributed by atoms with van der Waals surface area (Å²) in [6.07, 6.45) is 4.90. The number of rotatable bonds is 7. The molecule has 0 unspecified atom stereocenters. The molecule has 26 heavy (non-hydrogen) atoms. The number of aryl methyl sites for hydroxylation is 1. The Morgan fingerprint density at radius 3 is 2.62 bits per heavy atom. The topological polar surface area (TPSA) is 82.2 Å². The Bertz CT molecular complexity index is 955. The molecule has 1 atom stereocenters. The Morgan fingerprint density at radius 2 is 1.88 bits per heavy atom. The molecule has 0 aliphatic carbocycles. The van der Waals surface area contributed by atoms with E-state index in [1.807, 2.05) is 49.5 Å². The smallest absolute Gasteiger partial charge is 0.326 e. The Labute approximate surface area is 151 Å². The van der Waals surface area contributed by atoms with Crippen molar-refractivity contribution in [2.45, 2.75) is 19.4 Å². The molecule has 0 saturated heterocycles. The summed E-state index contributed by atoms with van der Waals surface area (Å²) in [5, 5.41) is 13.3. The molecule has 0 saturated carbocycles. The molecular formula is C21H20N2O3. The number of hydrogen-bond donors (Lipinski definition) is 3. The van der Waals surface area contributed by atoms with E-state index in [4.69, 9.17) is 0 Å². The molecule has 0 amide bonds. The number of hydrogen-bond acceptors (Lipinski definition) is 3. The van der Waals surface area contributed by atoms with Crippen molar-refractivity contribution in [2.75, 3.05) is 0 Å². The largest absolute Gasteiger partial charge is 0.480 e. The zero-order valence-electron chi connectivity index (χ0n) is 14.4. The van der Waals surface area contributed by atoms with Gasteiger partial charge in [-0.25, -0.2) is 4.79 Å². The predicted octanol–water partition coefficient (Wildman–Crippen LogP) is 3.46. The van der Waals surface area contributed by atoms with Crippen molar-refractivity contribution < 1.29 is 14.7 Å². The highest BCUT2D eigenvalue weighted by atomic mass is 16.4. The molecule has 0 spiro atoms. The first-order chi connectivity index (χ1) is 12.5. The van der Waals surface area contributed by atoms with Crippen LogP contribution in [0.15, 0.2) is 67.0 Å². The van der Waals surface area contributed by atoms with Crippen molar-refractivity contribution in [1.29, 1.82) is 0 Å². The van der Waals surface area contributed by atoms with Crippen LogP contribution >= 0.6 is 0 Å². The summed E-state index contributed by atoms with van der Waals surface area (Å²) in [4.78, 5) is 26.8. The molecule has 0 fully saturated rings. The number of fused-ring (bicyclic) bond motifs is 1. The van der Waals surface area contributed by atoms with Gasteiger partial charge in [-0.15, -0.1) is 0 Å². The molecule has 5 heteroatoms. The summed E-state index contributed by atoms with van der Waals surface area (Å²) in [5.41, 5.74) is 3.53. The first-order valence-electron chi connectivity index (χ1n) is 8.36. The fraction of sp³-hybridized carbons (Fsp3) is 0.143. The average molecular weight is 348 g/mol. The Morgan fingerprint density at radius 1 is 1.15 bits per heavy atom. The first-order valence-corrected chi connectivity index (χ1v) is 8.36. The number of aromatic nitrogens is 1. The fourth-order valence-corrected chi connectivity index (χ4v) is 2.79. The van der Waals surface area contributed by atoms with Crippen LogP contribution < -0.4 is 5.32 Å². The molecular weight excluding hydrogens is 328 g/mol. The second kappa shape index (κ2) is 7.70. The third-order valence-corrected chi connectivity index (χ3v) is 4.27. The highest BCUT2D eigenvalue weighted by Crippen LogP contribution is 2.19. The van der Waals surface area contributed by atoms with Crippen molar-refractivity contribution in [2.24, 2.45) is 0 Å². The van der Waals surface area contributed by atoms with E-state index in [-0.39, 0.29) is 5.78 Å². The number of aromatic amines is 1. The number of H-pyrrole nitrogens is 1. The molecule has 132 valence electrons. The maximum atomic E-state index is 12.1. The second-order valence-electron chi connectivity index (χ2n) is 6.18. The van der Waals surface area contributed by atoms with E-state index >= 15 is 0 Å². The van der Waals surface area contributed by atoms with Gasteiger partial charge in [-0.05, 0) is 18.6 Å². The zero-order chi connectivity index (χ0) is 18.5. The van der Waals surface area contributed by atoms with Crippen molar-refractivity contribution in [3.63, 3.8) is 0 Å². The molecule has 0 bridgehead atoms. The van der Waals surface area contributed by atoms with Gasteiger partial charge in [0.15, 0.2) is 5.78 Å². The Kier molecular flexibility index (Phi) is 5.17. The number of aliphatic carboxylic acids is 1. The van der Waals surface area contributed by atoms with Crippen LogP contribution in [0, 0.1) is 6.92 Å². The Balaban J connectivity index is 1.68. The van der Waals surface area contributed by atoms with Gasteiger partial charge in [-0.1, -0.05) is 48.0 Å². The number of allylic oxidation sites excluding steroid dienone is 1. The van der Waals surface area contributed by atoms with Crippen molar-refractivity contribution in [1.82, 2.24) is 10.3 Å². The van der Waals surface area contributed by atoms with E-state index in [2.05, 4.69) is 10.3 Å². The van der Waals surface area contributed by atoms with Crippen LogP contribution in [0.25, 0.3) is 10.9 Å². The van der Waals surface area contributed by atoms with Gasteiger partial charge >= 0.3 is 5.97 Å². The third-order valence-electron chi connectivity index (χ3n) is 4.27. The number of carbonyl (C=O) groups is 2. The highest BCUT2D eigenvalue weighted by molar-refractivity contribution is 6.04. The number of carboxylic acids is 1. The number of benzene rings is 2. The van der Waals surface area contributed by atoms with E-state index in [0.29, 0.717) is 12.0 Å². The minimum Gasteiger partial charge on any atom is -0.480 e. The maximum Gasteiger partial charge on any atom is 0.326 e. The summed E-state index contributed by atoms with van der Waals surface area (Å²) in [6, 6.07) is 14.2. The number of ketones is 1. The van der Waals surface area contributed by atoms with E-state index in [9.17, 15) is 14.7 Å². The monoisotopic (exact) mass is 348 g/mol. The molecule has 3 aromatic rings. The quantitative estimate of drug-likeness (QED) is 0.451. The van der Waals surface area contributed by atoms with Crippen LogP contribution in [0.1, 0.15) is 21.5 Å². The summed E-state index contributed by atoms with van der Waals surface area (Å²) in [5.74, 6) is -1.14. The van der Waals surface area contributed by atoms with Crippen LogP contribution in [0.5, 0.6) is 0 Å². The number of para-hydroxylation sites is 1. The zero-order valence-corrected chi connectivity index (χ0v) is 14.4. The number of carbonyl (C=O) groups excluding carboxylic acids is 1.